The molecule has 1 amide bonds. The van der Waals surface area contributed by atoms with Crippen molar-refractivity contribution in [3.05, 3.63) is 77.6 Å². The Bertz CT molecular complexity index is 944. The van der Waals surface area contributed by atoms with Crippen molar-refractivity contribution in [1.29, 1.82) is 0 Å². The number of nitrogens with one attached hydrogen (secondary N) is 1. The minimum Gasteiger partial charge on any atom is -0.492 e. The fraction of sp³-hybridized carbons (Fsp3) is 0.227. The molecule has 0 radical (unpaired) electrons. The predicted octanol–water partition coefficient (Wildman–Crippen LogP) is 4.07. The van der Waals surface area contributed by atoms with Gasteiger partial charge in [-0.05, 0) is 37.6 Å². The quantitative estimate of drug-likeness (QED) is 0.673. The first-order valence-corrected chi connectivity index (χ1v) is 9.20. The Hall–Kier alpha value is -3.41. The highest BCUT2D eigenvalue weighted by Gasteiger charge is 2.15. The minimum absolute atomic E-state index is 0.299. The van der Waals surface area contributed by atoms with Gasteiger partial charge in [-0.3, -0.25) is 4.79 Å². The van der Waals surface area contributed by atoms with Crippen molar-refractivity contribution < 1.29 is 9.53 Å². The van der Waals surface area contributed by atoms with Gasteiger partial charge in [-0.1, -0.05) is 42.5 Å². The van der Waals surface area contributed by atoms with Crippen LogP contribution in [0.2, 0.25) is 0 Å². The molecular formula is C22H24N4O2. The van der Waals surface area contributed by atoms with E-state index in [1.165, 1.54) is 0 Å². The number of aryl methyl sites for hydroxylation is 1. The van der Waals surface area contributed by atoms with Gasteiger partial charge in [-0.25, -0.2) is 9.97 Å². The van der Waals surface area contributed by atoms with Gasteiger partial charge in [0, 0.05) is 19.3 Å². The predicted molar refractivity (Wildman–Crippen MR) is 111 cm³/mol. The summed E-state index contributed by atoms with van der Waals surface area (Å²) >= 11 is 0. The second-order valence-corrected chi connectivity index (χ2v) is 6.42. The van der Waals surface area contributed by atoms with E-state index in [1.807, 2.05) is 74.3 Å². The fourth-order valence-corrected chi connectivity index (χ4v) is 2.81. The summed E-state index contributed by atoms with van der Waals surface area (Å²) in [4.78, 5) is 23.6. The van der Waals surface area contributed by atoms with Crippen molar-refractivity contribution >= 4 is 17.5 Å². The van der Waals surface area contributed by atoms with Crippen molar-refractivity contribution in [1.82, 2.24) is 9.97 Å². The van der Waals surface area contributed by atoms with Gasteiger partial charge >= 0.3 is 0 Å². The number of rotatable bonds is 7. The van der Waals surface area contributed by atoms with E-state index in [1.54, 1.807) is 12.1 Å². The molecule has 28 heavy (non-hydrogen) atoms. The summed E-state index contributed by atoms with van der Waals surface area (Å²) in [5.74, 6) is 0.838. The molecule has 0 spiro atoms. The van der Waals surface area contributed by atoms with Crippen LogP contribution in [-0.4, -0.2) is 29.5 Å². The largest absolute Gasteiger partial charge is 0.492 e. The summed E-state index contributed by atoms with van der Waals surface area (Å²) < 4.78 is 5.57. The van der Waals surface area contributed by atoms with Crippen molar-refractivity contribution in [2.75, 3.05) is 23.9 Å². The monoisotopic (exact) mass is 376 g/mol. The van der Waals surface area contributed by atoms with E-state index >= 15 is 0 Å². The van der Waals surface area contributed by atoms with Crippen LogP contribution in [0.5, 0.6) is 5.75 Å². The summed E-state index contributed by atoms with van der Waals surface area (Å²) in [5.41, 5.74) is 2.80. The molecule has 0 aliphatic rings. The highest BCUT2D eigenvalue weighted by Crippen LogP contribution is 2.24. The molecule has 0 aliphatic heterocycles. The molecule has 0 atom stereocenters. The van der Waals surface area contributed by atoms with E-state index < -0.39 is 0 Å². The summed E-state index contributed by atoms with van der Waals surface area (Å²) in [5, 5.41) is 2.88. The second-order valence-electron chi connectivity index (χ2n) is 6.42. The first kappa shape index (κ1) is 19.4. The van der Waals surface area contributed by atoms with Crippen molar-refractivity contribution in [3.8, 4) is 5.75 Å². The molecule has 6 heteroatoms. The Balaban J connectivity index is 1.80. The summed E-state index contributed by atoms with van der Waals surface area (Å²) in [6.45, 7) is 4.93. The Morgan fingerprint density at radius 1 is 1.07 bits per heavy atom. The topological polar surface area (TPSA) is 67.3 Å². The minimum atomic E-state index is -0.299. The van der Waals surface area contributed by atoms with Crippen LogP contribution in [-0.2, 0) is 6.54 Å². The maximum Gasteiger partial charge on any atom is 0.274 e. The third-order valence-electron chi connectivity index (χ3n) is 4.11. The molecule has 3 rings (SSSR count). The third kappa shape index (κ3) is 4.85. The number of carbonyl (C=O) groups is 1. The molecule has 0 fully saturated rings. The van der Waals surface area contributed by atoms with E-state index in [0.29, 0.717) is 36.2 Å². The number of benzene rings is 2. The summed E-state index contributed by atoms with van der Waals surface area (Å²) in [6.07, 6.45) is 0. The number of hydrogen-bond acceptors (Lipinski definition) is 5. The second kappa shape index (κ2) is 8.99. The zero-order valence-corrected chi connectivity index (χ0v) is 16.3. The van der Waals surface area contributed by atoms with Crippen LogP contribution in [0.3, 0.4) is 0 Å². The zero-order chi connectivity index (χ0) is 19.9. The van der Waals surface area contributed by atoms with Crippen molar-refractivity contribution in [3.63, 3.8) is 0 Å². The summed E-state index contributed by atoms with van der Waals surface area (Å²) in [6, 6.07) is 19.1. The standard InChI is InChI=1S/C22H24N4O2/c1-4-28-20-13-9-8-12-18(20)24-21(27)19-14-16(2)23-22(25-19)26(3)15-17-10-6-5-7-11-17/h5-14H,4,15H2,1-3H3,(H,24,27). The molecular weight excluding hydrogens is 352 g/mol. The number of para-hydroxylation sites is 2. The zero-order valence-electron chi connectivity index (χ0n) is 16.3. The lowest BCUT2D eigenvalue weighted by molar-refractivity contribution is 0.102. The molecule has 0 saturated carbocycles. The number of carbonyl (C=O) groups excluding carboxylic acids is 1. The van der Waals surface area contributed by atoms with Gasteiger partial charge in [0.25, 0.3) is 5.91 Å². The number of hydrogen-bond donors (Lipinski definition) is 1. The van der Waals surface area contributed by atoms with Crippen LogP contribution in [0.15, 0.2) is 60.7 Å². The maximum atomic E-state index is 12.8. The number of anilines is 2. The first-order valence-electron chi connectivity index (χ1n) is 9.20. The lowest BCUT2D eigenvalue weighted by Crippen LogP contribution is -2.22. The van der Waals surface area contributed by atoms with Gasteiger partial charge in [-0.2, -0.15) is 0 Å². The molecule has 1 N–H and O–H groups in total. The van der Waals surface area contributed by atoms with Gasteiger partial charge < -0.3 is 15.0 Å². The fourth-order valence-electron chi connectivity index (χ4n) is 2.81. The molecule has 3 aromatic rings. The van der Waals surface area contributed by atoms with E-state index in [2.05, 4.69) is 15.3 Å². The normalized spacial score (nSPS) is 10.4. The number of ether oxygens (including phenoxy) is 1. The molecule has 0 unspecified atom stereocenters. The lowest BCUT2D eigenvalue weighted by atomic mass is 10.2. The lowest BCUT2D eigenvalue weighted by Gasteiger charge is -2.18. The SMILES string of the molecule is CCOc1ccccc1NC(=O)c1cc(C)nc(N(C)Cc2ccccc2)n1. The smallest absolute Gasteiger partial charge is 0.274 e. The van der Waals surface area contributed by atoms with E-state index in [4.69, 9.17) is 4.74 Å². The van der Waals surface area contributed by atoms with Crippen LogP contribution < -0.4 is 15.0 Å². The Kier molecular flexibility index (Phi) is 6.22. The average molecular weight is 376 g/mol. The number of aromatic nitrogens is 2. The molecule has 2 aromatic carbocycles. The molecule has 1 aromatic heterocycles. The van der Waals surface area contributed by atoms with E-state index in [-0.39, 0.29) is 5.91 Å². The third-order valence-corrected chi connectivity index (χ3v) is 4.11. The van der Waals surface area contributed by atoms with Gasteiger partial charge in [0.1, 0.15) is 11.4 Å². The van der Waals surface area contributed by atoms with E-state index in [0.717, 1.165) is 11.3 Å². The van der Waals surface area contributed by atoms with Crippen LogP contribution in [0.25, 0.3) is 0 Å². The molecule has 1 heterocycles. The van der Waals surface area contributed by atoms with Crippen molar-refractivity contribution in [2.45, 2.75) is 20.4 Å². The van der Waals surface area contributed by atoms with Crippen LogP contribution in [0.4, 0.5) is 11.6 Å². The highest BCUT2D eigenvalue weighted by molar-refractivity contribution is 6.03. The van der Waals surface area contributed by atoms with Crippen molar-refractivity contribution in [2.24, 2.45) is 0 Å². The highest BCUT2D eigenvalue weighted by atomic mass is 16.5. The van der Waals surface area contributed by atoms with Crippen LogP contribution in [0, 0.1) is 6.92 Å². The van der Waals surface area contributed by atoms with Gasteiger partial charge in [0.2, 0.25) is 5.95 Å². The number of amides is 1. The average Bonchev–Trinajstić information content (AvgIpc) is 2.70. The Labute approximate surface area is 165 Å². The van der Waals surface area contributed by atoms with Gasteiger partial charge in [0.15, 0.2) is 0 Å². The molecule has 6 nitrogen and oxygen atoms in total. The Morgan fingerprint density at radius 2 is 1.79 bits per heavy atom. The molecule has 0 aliphatic carbocycles. The molecule has 144 valence electrons. The molecule has 0 bridgehead atoms. The van der Waals surface area contributed by atoms with Gasteiger partial charge in [-0.15, -0.1) is 0 Å². The van der Waals surface area contributed by atoms with E-state index in [9.17, 15) is 4.79 Å². The number of nitrogens with zero attached hydrogens (tertiary/aromatic N) is 3. The first-order chi connectivity index (χ1) is 13.6. The maximum absolute atomic E-state index is 12.8. The van der Waals surface area contributed by atoms with Crippen LogP contribution in [0.1, 0.15) is 28.7 Å². The Morgan fingerprint density at radius 3 is 2.54 bits per heavy atom. The van der Waals surface area contributed by atoms with Crippen LogP contribution >= 0.6 is 0 Å². The summed E-state index contributed by atoms with van der Waals surface area (Å²) in [7, 11) is 1.91. The van der Waals surface area contributed by atoms with Gasteiger partial charge in [0.05, 0.1) is 12.3 Å². The molecule has 0 saturated heterocycles.